The first-order chi connectivity index (χ1) is 9.85. The third-order valence-electron chi connectivity index (χ3n) is 3.96. The molecule has 20 heavy (non-hydrogen) atoms. The Kier molecular flexibility index (Phi) is 2.58. The van der Waals surface area contributed by atoms with E-state index in [4.69, 9.17) is 9.47 Å². The zero-order valence-corrected chi connectivity index (χ0v) is 11.4. The molecule has 0 radical (unpaired) electrons. The fraction of sp³-hybridized carbons (Fsp3) is 0.400. The molecule has 104 valence electrons. The van der Waals surface area contributed by atoms with Crippen molar-refractivity contribution in [2.45, 2.75) is 25.8 Å². The van der Waals surface area contributed by atoms with Crippen LogP contribution in [-0.4, -0.2) is 22.9 Å². The van der Waals surface area contributed by atoms with E-state index < -0.39 is 0 Å². The number of benzene rings is 1. The van der Waals surface area contributed by atoms with Gasteiger partial charge >= 0.3 is 0 Å². The molecule has 4 rings (SSSR count). The maximum atomic E-state index is 5.48. The number of imidazole rings is 1. The molecule has 1 N–H and O–H groups in total. The minimum atomic E-state index is 0.313. The number of fused-ring (bicyclic) bond motifs is 2. The Bertz CT molecular complexity index is 651. The molecule has 1 atom stereocenters. The van der Waals surface area contributed by atoms with E-state index in [0.29, 0.717) is 12.8 Å². The van der Waals surface area contributed by atoms with Crippen LogP contribution in [0.1, 0.15) is 30.6 Å². The van der Waals surface area contributed by atoms with Gasteiger partial charge in [-0.05, 0) is 30.5 Å². The minimum absolute atomic E-state index is 0.313. The molecule has 2 aliphatic heterocycles. The van der Waals surface area contributed by atoms with Gasteiger partial charge in [0, 0.05) is 12.7 Å². The third kappa shape index (κ3) is 1.73. The zero-order valence-electron chi connectivity index (χ0n) is 11.4. The first-order valence-corrected chi connectivity index (χ1v) is 7.06. The summed E-state index contributed by atoms with van der Waals surface area (Å²) < 4.78 is 13.1. The van der Waals surface area contributed by atoms with Crippen molar-refractivity contribution in [3.8, 4) is 11.5 Å². The van der Waals surface area contributed by atoms with E-state index in [0.717, 1.165) is 42.5 Å². The van der Waals surface area contributed by atoms with E-state index in [2.05, 4.69) is 40.1 Å². The van der Waals surface area contributed by atoms with Gasteiger partial charge in [-0.2, -0.15) is 0 Å². The number of nitrogens with zero attached hydrogens (tertiary/aromatic N) is 2. The van der Waals surface area contributed by atoms with E-state index in [1.807, 2.05) is 6.07 Å². The van der Waals surface area contributed by atoms with Crippen molar-refractivity contribution < 1.29 is 9.47 Å². The van der Waals surface area contributed by atoms with Gasteiger partial charge in [0.05, 0.1) is 11.7 Å². The Hall–Kier alpha value is -2.17. The normalized spacial score (nSPS) is 19.6. The molecule has 0 fully saturated rings. The highest BCUT2D eigenvalue weighted by Crippen LogP contribution is 2.37. The summed E-state index contributed by atoms with van der Waals surface area (Å²) in [7, 11) is 0. The summed E-state index contributed by atoms with van der Waals surface area (Å²) in [6.45, 7) is 3.39. The minimum Gasteiger partial charge on any atom is -0.454 e. The monoisotopic (exact) mass is 271 g/mol. The standard InChI is InChI=1S/C15H17N3O2/c1-2-11-8-18-12(5-6-16-15(18)17-11)10-3-4-13-14(7-10)20-9-19-13/h3-4,7-8,12H,2,5-6,9H2,1H3,(H,16,17). The van der Waals surface area contributed by atoms with Crippen LogP contribution >= 0.6 is 0 Å². The average molecular weight is 271 g/mol. The van der Waals surface area contributed by atoms with Gasteiger partial charge in [0.15, 0.2) is 11.5 Å². The maximum absolute atomic E-state index is 5.48. The van der Waals surface area contributed by atoms with Crippen molar-refractivity contribution in [1.29, 1.82) is 0 Å². The Labute approximate surface area is 117 Å². The summed E-state index contributed by atoms with van der Waals surface area (Å²) in [5, 5.41) is 3.37. The topological polar surface area (TPSA) is 48.3 Å². The third-order valence-corrected chi connectivity index (χ3v) is 3.96. The van der Waals surface area contributed by atoms with Crippen LogP contribution in [0.25, 0.3) is 0 Å². The van der Waals surface area contributed by atoms with E-state index >= 15 is 0 Å². The van der Waals surface area contributed by atoms with Crippen molar-refractivity contribution >= 4 is 5.95 Å². The van der Waals surface area contributed by atoms with Gasteiger partial charge in [-0.15, -0.1) is 0 Å². The van der Waals surface area contributed by atoms with Gasteiger partial charge in [0.25, 0.3) is 0 Å². The molecule has 0 saturated heterocycles. The molecule has 1 unspecified atom stereocenters. The van der Waals surface area contributed by atoms with Gasteiger partial charge in [0.2, 0.25) is 12.7 Å². The molecule has 5 heteroatoms. The number of aryl methyl sites for hydroxylation is 1. The number of hydrogen-bond donors (Lipinski definition) is 1. The van der Waals surface area contributed by atoms with Gasteiger partial charge in [-0.3, -0.25) is 0 Å². The van der Waals surface area contributed by atoms with Crippen LogP contribution in [0.2, 0.25) is 0 Å². The Morgan fingerprint density at radius 2 is 2.25 bits per heavy atom. The average Bonchev–Trinajstić information content (AvgIpc) is 3.11. The summed E-state index contributed by atoms with van der Waals surface area (Å²) in [6, 6.07) is 6.53. The van der Waals surface area contributed by atoms with Crippen molar-refractivity contribution in [3.63, 3.8) is 0 Å². The molecule has 1 aromatic heterocycles. The van der Waals surface area contributed by atoms with Gasteiger partial charge in [-0.1, -0.05) is 13.0 Å². The van der Waals surface area contributed by atoms with Crippen LogP contribution in [0.5, 0.6) is 11.5 Å². The molecule has 0 saturated carbocycles. The fourth-order valence-corrected chi connectivity index (χ4v) is 2.89. The number of hydrogen-bond acceptors (Lipinski definition) is 4. The molecule has 1 aromatic carbocycles. The quantitative estimate of drug-likeness (QED) is 0.912. The largest absolute Gasteiger partial charge is 0.454 e. The van der Waals surface area contributed by atoms with E-state index in [1.165, 1.54) is 5.56 Å². The maximum Gasteiger partial charge on any atom is 0.231 e. The highest BCUT2D eigenvalue weighted by molar-refractivity contribution is 5.46. The van der Waals surface area contributed by atoms with Crippen LogP contribution in [-0.2, 0) is 6.42 Å². The summed E-state index contributed by atoms with van der Waals surface area (Å²) in [5.41, 5.74) is 2.37. The first-order valence-electron chi connectivity index (χ1n) is 7.06. The first kappa shape index (κ1) is 11.6. The number of anilines is 1. The predicted molar refractivity (Wildman–Crippen MR) is 75.4 cm³/mol. The second-order valence-corrected chi connectivity index (χ2v) is 5.16. The summed E-state index contributed by atoms with van der Waals surface area (Å²) in [5.74, 6) is 2.65. The van der Waals surface area contributed by atoms with Crippen molar-refractivity contribution in [2.75, 3.05) is 18.7 Å². The predicted octanol–water partition coefficient (Wildman–Crippen LogP) is 2.58. The molecule has 0 spiro atoms. The van der Waals surface area contributed by atoms with Crippen LogP contribution in [0.4, 0.5) is 5.95 Å². The van der Waals surface area contributed by atoms with Gasteiger partial charge in [-0.25, -0.2) is 4.98 Å². The van der Waals surface area contributed by atoms with Crippen LogP contribution in [0.15, 0.2) is 24.4 Å². The van der Waals surface area contributed by atoms with Crippen molar-refractivity contribution in [3.05, 3.63) is 35.7 Å². The second-order valence-electron chi connectivity index (χ2n) is 5.16. The van der Waals surface area contributed by atoms with Crippen LogP contribution in [0, 0.1) is 0 Å². The molecule has 0 aliphatic carbocycles. The Morgan fingerprint density at radius 1 is 1.35 bits per heavy atom. The molecule has 3 heterocycles. The molecular weight excluding hydrogens is 254 g/mol. The molecule has 5 nitrogen and oxygen atoms in total. The highest BCUT2D eigenvalue weighted by atomic mass is 16.7. The Morgan fingerprint density at radius 3 is 3.15 bits per heavy atom. The van der Waals surface area contributed by atoms with Crippen LogP contribution in [0.3, 0.4) is 0 Å². The molecule has 2 aromatic rings. The lowest BCUT2D eigenvalue weighted by Crippen LogP contribution is -2.23. The lowest BCUT2D eigenvalue weighted by Gasteiger charge is -2.26. The number of rotatable bonds is 2. The number of ether oxygens (including phenoxy) is 2. The van der Waals surface area contributed by atoms with Gasteiger partial charge in [0.1, 0.15) is 0 Å². The molecule has 0 bridgehead atoms. The lowest BCUT2D eigenvalue weighted by molar-refractivity contribution is 0.174. The van der Waals surface area contributed by atoms with E-state index in [1.54, 1.807) is 0 Å². The zero-order chi connectivity index (χ0) is 13.5. The molecular formula is C15H17N3O2. The number of aromatic nitrogens is 2. The lowest BCUT2D eigenvalue weighted by atomic mass is 10.0. The van der Waals surface area contributed by atoms with Crippen molar-refractivity contribution in [2.24, 2.45) is 0 Å². The summed E-state index contributed by atoms with van der Waals surface area (Å²) in [6.07, 6.45) is 4.15. The highest BCUT2D eigenvalue weighted by Gasteiger charge is 2.24. The summed E-state index contributed by atoms with van der Waals surface area (Å²) >= 11 is 0. The van der Waals surface area contributed by atoms with E-state index in [-0.39, 0.29) is 0 Å². The Balaban J connectivity index is 1.74. The smallest absolute Gasteiger partial charge is 0.231 e. The number of nitrogens with one attached hydrogen (secondary N) is 1. The fourth-order valence-electron chi connectivity index (χ4n) is 2.89. The second kappa shape index (κ2) is 4.44. The van der Waals surface area contributed by atoms with E-state index in [9.17, 15) is 0 Å². The summed E-state index contributed by atoms with van der Waals surface area (Å²) in [4.78, 5) is 4.61. The molecule has 2 aliphatic rings. The van der Waals surface area contributed by atoms with Gasteiger partial charge < -0.3 is 19.4 Å². The van der Waals surface area contributed by atoms with Crippen LogP contribution < -0.4 is 14.8 Å². The molecule has 0 amide bonds. The SMILES string of the molecule is CCc1cn2c(n1)NCCC2c1ccc2c(c1)OCO2. The van der Waals surface area contributed by atoms with Crippen molar-refractivity contribution in [1.82, 2.24) is 9.55 Å².